The van der Waals surface area contributed by atoms with E-state index < -0.39 is 0 Å². The Morgan fingerprint density at radius 3 is 1.20 bits per heavy atom. The number of hydrogen-bond donors (Lipinski definition) is 0. The van der Waals surface area contributed by atoms with Crippen LogP contribution in [0.1, 0.15) is 0 Å². The Kier molecular flexibility index (Phi) is 8.86. The lowest BCUT2D eigenvalue weighted by atomic mass is 10.0. The third-order valence-corrected chi connectivity index (χ3v) is 9.45. The fourth-order valence-corrected chi connectivity index (χ4v) is 6.58. The van der Waals surface area contributed by atoms with Crippen LogP contribution in [0.3, 0.4) is 0 Å². The summed E-state index contributed by atoms with van der Waals surface area (Å²) in [5.41, 5.74) is 14.4. The predicted molar refractivity (Wildman–Crippen MR) is 219 cm³/mol. The zero-order chi connectivity index (χ0) is 36.1. The second-order valence-electron chi connectivity index (χ2n) is 13.0. The quantitative estimate of drug-likeness (QED) is 0.159. The summed E-state index contributed by atoms with van der Waals surface area (Å²) < 4.78 is 0. The third-order valence-electron chi connectivity index (χ3n) is 9.45. The Labute approximate surface area is 314 Å². The smallest absolute Gasteiger partial charge is 0.160 e. The van der Waals surface area contributed by atoms with Gasteiger partial charge in [0.15, 0.2) is 5.82 Å². The fraction of sp³-hybridized carbons (Fsp3) is 0. The van der Waals surface area contributed by atoms with E-state index in [1.165, 1.54) is 11.1 Å². The monoisotopic (exact) mass is 691 g/mol. The molecule has 0 atom stereocenters. The van der Waals surface area contributed by atoms with Crippen molar-refractivity contribution in [2.24, 2.45) is 0 Å². The van der Waals surface area contributed by atoms with Crippen LogP contribution in [0, 0.1) is 0 Å². The Balaban J connectivity index is 1.10. The van der Waals surface area contributed by atoms with Crippen LogP contribution >= 0.6 is 0 Å². The van der Waals surface area contributed by atoms with Crippen molar-refractivity contribution in [2.45, 2.75) is 0 Å². The van der Waals surface area contributed by atoms with Gasteiger partial charge in [0.25, 0.3) is 0 Å². The van der Waals surface area contributed by atoms with E-state index in [9.17, 15) is 0 Å². The molecule has 54 heavy (non-hydrogen) atoms. The summed E-state index contributed by atoms with van der Waals surface area (Å²) in [6.07, 6.45) is 3.66. The molecule has 5 aromatic carbocycles. The molecule has 0 aliphatic heterocycles. The molecule has 0 N–H and O–H groups in total. The first-order valence-corrected chi connectivity index (χ1v) is 17.9. The number of benzene rings is 5. The molecule has 9 aromatic rings. The number of hydrogen-bond acceptors (Lipinski definition) is 5. The molecule has 0 spiro atoms. The van der Waals surface area contributed by atoms with Crippen LogP contribution < -0.4 is 0 Å². The van der Waals surface area contributed by atoms with E-state index in [0.717, 1.165) is 73.1 Å². The molecule has 0 aliphatic rings. The van der Waals surface area contributed by atoms with Gasteiger partial charge < -0.3 is 0 Å². The summed E-state index contributed by atoms with van der Waals surface area (Å²) in [7, 11) is 0. The minimum absolute atomic E-state index is 0.649. The molecule has 4 heterocycles. The second-order valence-corrected chi connectivity index (χ2v) is 13.0. The maximum atomic E-state index is 5.10. The molecule has 5 nitrogen and oxygen atoms in total. The van der Waals surface area contributed by atoms with Crippen LogP contribution in [0.4, 0.5) is 0 Å². The van der Waals surface area contributed by atoms with Crippen molar-refractivity contribution in [1.82, 2.24) is 24.9 Å². The van der Waals surface area contributed by atoms with E-state index in [2.05, 4.69) is 132 Å². The summed E-state index contributed by atoms with van der Waals surface area (Å²) in [5.74, 6) is 0.649. The van der Waals surface area contributed by atoms with E-state index in [1.807, 2.05) is 66.9 Å². The van der Waals surface area contributed by atoms with Crippen LogP contribution in [-0.2, 0) is 0 Å². The summed E-state index contributed by atoms with van der Waals surface area (Å²) in [6.45, 7) is 0. The van der Waals surface area contributed by atoms with Gasteiger partial charge in [-0.3, -0.25) is 9.97 Å². The SMILES string of the molecule is c1ccc(-c2ccc(-c3cc(-c4ccc(-c5cc(-c6ccccc6)cc(-c6ccccn6)n5)nc4)nc(-c4ccc(-c5ccccc5)cc4)n3)cc2)cc1. The molecule has 0 bridgehead atoms. The zero-order valence-corrected chi connectivity index (χ0v) is 29.3. The molecular formula is C49H33N5. The van der Waals surface area contributed by atoms with Gasteiger partial charge in [-0.1, -0.05) is 146 Å². The molecule has 9 rings (SSSR count). The van der Waals surface area contributed by atoms with Crippen LogP contribution in [-0.4, -0.2) is 24.9 Å². The lowest BCUT2D eigenvalue weighted by Gasteiger charge is -2.12. The van der Waals surface area contributed by atoms with Crippen molar-refractivity contribution in [3.63, 3.8) is 0 Å². The summed E-state index contributed by atoms with van der Waals surface area (Å²) in [6, 6.07) is 64.2. The molecule has 0 radical (unpaired) electrons. The highest BCUT2D eigenvalue weighted by Crippen LogP contribution is 2.33. The van der Waals surface area contributed by atoms with Crippen LogP contribution in [0.25, 0.3) is 90.1 Å². The van der Waals surface area contributed by atoms with Crippen molar-refractivity contribution in [1.29, 1.82) is 0 Å². The van der Waals surface area contributed by atoms with Gasteiger partial charge in [-0.15, -0.1) is 0 Å². The average Bonchev–Trinajstić information content (AvgIpc) is 3.27. The van der Waals surface area contributed by atoms with Gasteiger partial charge in [-0.2, -0.15) is 0 Å². The maximum absolute atomic E-state index is 5.10. The standard InChI is InChI=1S/C49H33N5/c1-4-12-34(13-5-1)37-19-23-39(24-20-37)45-32-46(54-49(53-45)40-25-21-38(22-26-40)35-14-6-2-7-15-35)41-27-28-44(51-33-41)48-31-42(36-16-8-3-9-17-36)30-47(52-48)43-18-10-11-29-50-43/h1-33H. The van der Waals surface area contributed by atoms with E-state index >= 15 is 0 Å². The van der Waals surface area contributed by atoms with Crippen molar-refractivity contribution < 1.29 is 0 Å². The van der Waals surface area contributed by atoms with Crippen molar-refractivity contribution in [3.8, 4) is 90.1 Å². The van der Waals surface area contributed by atoms with E-state index in [4.69, 9.17) is 19.9 Å². The second kappa shape index (κ2) is 14.7. The Morgan fingerprint density at radius 1 is 0.241 bits per heavy atom. The minimum atomic E-state index is 0.649. The summed E-state index contributed by atoms with van der Waals surface area (Å²) in [4.78, 5) is 24.7. The van der Waals surface area contributed by atoms with Crippen molar-refractivity contribution >= 4 is 0 Å². The van der Waals surface area contributed by atoms with E-state index in [0.29, 0.717) is 5.82 Å². The van der Waals surface area contributed by atoms with Gasteiger partial charge >= 0.3 is 0 Å². The van der Waals surface area contributed by atoms with Gasteiger partial charge in [0.05, 0.1) is 34.2 Å². The van der Waals surface area contributed by atoms with Gasteiger partial charge in [-0.05, 0) is 75.8 Å². The van der Waals surface area contributed by atoms with Crippen LogP contribution in [0.15, 0.2) is 200 Å². The largest absolute Gasteiger partial charge is 0.255 e. The lowest BCUT2D eigenvalue weighted by Crippen LogP contribution is -1.97. The molecule has 5 heteroatoms. The molecule has 0 saturated carbocycles. The van der Waals surface area contributed by atoms with E-state index in [1.54, 1.807) is 6.20 Å². The van der Waals surface area contributed by atoms with E-state index in [-0.39, 0.29) is 0 Å². The predicted octanol–water partition coefficient (Wildman–Crippen LogP) is 12.0. The molecule has 0 unspecified atom stereocenters. The third kappa shape index (κ3) is 6.94. The summed E-state index contributed by atoms with van der Waals surface area (Å²) in [5, 5.41) is 0. The first-order valence-electron chi connectivity index (χ1n) is 17.9. The molecule has 0 amide bonds. The highest BCUT2D eigenvalue weighted by atomic mass is 14.9. The van der Waals surface area contributed by atoms with Crippen LogP contribution in [0.2, 0.25) is 0 Å². The number of aromatic nitrogens is 5. The van der Waals surface area contributed by atoms with Gasteiger partial charge in [0, 0.05) is 29.1 Å². The minimum Gasteiger partial charge on any atom is -0.255 e. The van der Waals surface area contributed by atoms with Crippen molar-refractivity contribution in [3.05, 3.63) is 200 Å². The first-order chi connectivity index (χ1) is 26.7. The molecule has 254 valence electrons. The highest BCUT2D eigenvalue weighted by molar-refractivity contribution is 5.77. The van der Waals surface area contributed by atoms with Crippen molar-refractivity contribution in [2.75, 3.05) is 0 Å². The Hall–Kier alpha value is -7.37. The van der Waals surface area contributed by atoms with Gasteiger partial charge in [-0.25, -0.2) is 15.0 Å². The highest BCUT2D eigenvalue weighted by Gasteiger charge is 2.14. The number of nitrogens with zero attached hydrogens (tertiary/aromatic N) is 5. The fourth-order valence-electron chi connectivity index (χ4n) is 6.58. The van der Waals surface area contributed by atoms with Crippen LogP contribution in [0.5, 0.6) is 0 Å². The molecule has 0 fully saturated rings. The first kappa shape index (κ1) is 32.5. The molecular weight excluding hydrogens is 659 g/mol. The molecule has 4 aromatic heterocycles. The number of pyridine rings is 3. The molecule has 0 saturated heterocycles. The number of rotatable bonds is 8. The Bertz CT molecular complexity index is 2490. The summed E-state index contributed by atoms with van der Waals surface area (Å²) >= 11 is 0. The zero-order valence-electron chi connectivity index (χ0n) is 29.3. The maximum Gasteiger partial charge on any atom is 0.160 e. The topological polar surface area (TPSA) is 64.5 Å². The lowest BCUT2D eigenvalue weighted by molar-refractivity contribution is 1.17. The Morgan fingerprint density at radius 2 is 0.685 bits per heavy atom. The average molecular weight is 692 g/mol. The van der Waals surface area contributed by atoms with Gasteiger partial charge in [0.1, 0.15) is 0 Å². The molecule has 0 aliphatic carbocycles. The normalized spacial score (nSPS) is 11.0. The van der Waals surface area contributed by atoms with Gasteiger partial charge in [0.2, 0.25) is 0 Å².